The highest BCUT2D eigenvalue weighted by molar-refractivity contribution is 14.1. The van der Waals surface area contributed by atoms with Crippen molar-refractivity contribution in [3.8, 4) is 11.5 Å². The highest BCUT2D eigenvalue weighted by Crippen LogP contribution is 2.30. The van der Waals surface area contributed by atoms with Gasteiger partial charge in [-0.25, -0.2) is 10.6 Å². The van der Waals surface area contributed by atoms with E-state index in [2.05, 4.69) is 126 Å². The average Bonchev–Trinajstić information content (AvgIpc) is 3.65. The van der Waals surface area contributed by atoms with Gasteiger partial charge in [0.25, 0.3) is 0 Å². The number of nitrogens with zero attached hydrogens (tertiary/aromatic N) is 4. The fourth-order valence-electron chi connectivity index (χ4n) is 3.21. The van der Waals surface area contributed by atoms with Crippen LogP contribution >= 0.6 is 76.2 Å². The predicted octanol–water partition coefficient (Wildman–Crippen LogP) is 3.33. The van der Waals surface area contributed by atoms with Gasteiger partial charge in [0, 0.05) is 50.0 Å². The van der Waals surface area contributed by atoms with E-state index in [0.29, 0.717) is 22.6 Å². The number of thiocarbonyl (C=S) groups is 1. The monoisotopic (exact) mass is 828 g/mol. The van der Waals surface area contributed by atoms with Gasteiger partial charge in [0.15, 0.2) is 5.11 Å². The van der Waals surface area contributed by atoms with Gasteiger partial charge in [-0.1, -0.05) is 5.10 Å². The Morgan fingerprint density at radius 1 is 1.00 bits per heavy atom. The topological polar surface area (TPSA) is 200 Å². The number of aromatic nitrogens is 4. The number of carboxylic acids is 1. The number of aromatic carboxylic acids is 1. The van der Waals surface area contributed by atoms with Crippen LogP contribution in [0.15, 0.2) is 53.2 Å². The Kier molecular flexibility index (Phi) is 13.9. The maximum absolute atomic E-state index is 10.7. The summed E-state index contributed by atoms with van der Waals surface area (Å²) in [5.41, 5.74) is 5.65. The number of fused-ring (bicyclic) bond motifs is 2. The summed E-state index contributed by atoms with van der Waals surface area (Å²) in [6.45, 7) is 0. The summed E-state index contributed by atoms with van der Waals surface area (Å²) in [4.78, 5) is 10.7. The lowest BCUT2D eigenvalue weighted by Crippen LogP contribution is -2.37. The molecule has 18 heteroatoms. The van der Waals surface area contributed by atoms with Crippen LogP contribution in [0, 0.1) is 7.14 Å². The largest absolute Gasteiger partial charge is 0.478 e. The molecule has 0 spiro atoms. The van der Waals surface area contributed by atoms with E-state index in [-0.39, 0.29) is 0 Å². The third-order valence-corrected chi connectivity index (χ3v) is 7.96. The molecule has 0 bridgehead atoms. The zero-order valence-electron chi connectivity index (χ0n) is 21.2. The zero-order chi connectivity index (χ0) is 30.0. The highest BCUT2D eigenvalue weighted by atomic mass is 127. The first-order valence-electron chi connectivity index (χ1n) is 11.0. The number of hydrogen-bond acceptors (Lipinski definition) is 9. The molecule has 5 aromatic rings. The van der Waals surface area contributed by atoms with Crippen molar-refractivity contribution >= 4 is 115 Å². The van der Waals surface area contributed by atoms with Gasteiger partial charge in [0.05, 0.1) is 16.6 Å². The maximum Gasteiger partial charge on any atom is 0.335 e. The quantitative estimate of drug-likeness (QED) is 0.0461. The third kappa shape index (κ3) is 8.66. The Morgan fingerprint density at radius 3 is 2.00 bits per heavy atom. The van der Waals surface area contributed by atoms with E-state index in [9.17, 15) is 4.79 Å². The molecule has 13 nitrogen and oxygen atoms in total. The predicted molar refractivity (Wildman–Crippen MR) is 187 cm³/mol. The number of hydrogen-bond donors (Lipinski definition) is 7. The summed E-state index contributed by atoms with van der Waals surface area (Å²) in [6, 6.07) is 11.6. The number of carbonyl (C=O) groups is 1. The number of benzene rings is 2. The normalized spacial score (nSPS) is 9.93. The molecule has 3 heterocycles. The smallest absolute Gasteiger partial charge is 0.335 e. The Hall–Kier alpha value is -2.18. The first kappa shape index (κ1) is 34.0. The van der Waals surface area contributed by atoms with Gasteiger partial charge in [0.2, 0.25) is 5.89 Å². The van der Waals surface area contributed by atoms with Crippen LogP contribution in [-0.2, 0) is 0 Å². The minimum Gasteiger partial charge on any atom is -0.478 e. The van der Waals surface area contributed by atoms with Gasteiger partial charge in [0.1, 0.15) is 0 Å². The number of rotatable bonds is 3. The van der Waals surface area contributed by atoms with E-state index < -0.39 is 5.97 Å². The van der Waals surface area contributed by atoms with E-state index >= 15 is 0 Å². The lowest BCUT2D eigenvalue weighted by atomic mass is 10.1. The van der Waals surface area contributed by atoms with E-state index in [1.807, 2.05) is 33.1 Å². The van der Waals surface area contributed by atoms with E-state index in [4.69, 9.17) is 15.4 Å². The molecule has 3 aromatic heterocycles. The fourth-order valence-corrected chi connectivity index (χ4v) is 6.03. The number of carboxylic acid groups (broad SMARTS) is 1. The number of nitrogens with two attached hydrogens (primary N) is 3. The summed E-state index contributed by atoms with van der Waals surface area (Å²) >= 11 is 9.02. The van der Waals surface area contributed by atoms with Crippen LogP contribution in [0.4, 0.5) is 6.01 Å². The molecule has 214 valence electrons. The van der Waals surface area contributed by atoms with Crippen LogP contribution in [0.25, 0.3) is 33.3 Å². The van der Waals surface area contributed by atoms with Gasteiger partial charge in [-0.15, -0.1) is 5.10 Å². The molecule has 0 saturated carbocycles. The van der Waals surface area contributed by atoms with Crippen molar-refractivity contribution < 1.29 is 14.3 Å². The van der Waals surface area contributed by atoms with Gasteiger partial charge >= 0.3 is 12.0 Å². The lowest BCUT2D eigenvalue weighted by Gasteiger charge is -1.98. The van der Waals surface area contributed by atoms with Crippen LogP contribution in [0.3, 0.4) is 0 Å². The summed E-state index contributed by atoms with van der Waals surface area (Å²) in [5, 5.41) is 24.7. The van der Waals surface area contributed by atoms with Gasteiger partial charge in [-0.05, 0) is 113 Å². The first-order chi connectivity index (χ1) is 19.1. The Labute approximate surface area is 267 Å². The second-order valence-electron chi connectivity index (χ2n) is 7.42. The molecular formula is C22H28I2N10O3P2S. The van der Waals surface area contributed by atoms with Crippen molar-refractivity contribution in [1.82, 2.24) is 29.6 Å². The SMILES string of the molecule is CNC(=S)NN.CNc1nnc(-c2ccc3c(c2)c(I)cn3P)o1.NN.O=C(O)c1ccc2c(c1)c(I)cn2P. The van der Waals surface area contributed by atoms with Crippen LogP contribution in [0.2, 0.25) is 0 Å². The van der Waals surface area contributed by atoms with Crippen molar-refractivity contribution in [2.75, 3.05) is 19.4 Å². The Balaban J connectivity index is 0.000000227. The number of anilines is 1. The molecule has 40 heavy (non-hydrogen) atoms. The van der Waals surface area contributed by atoms with Gasteiger partial charge in [-0.2, -0.15) is 0 Å². The first-order valence-corrected chi connectivity index (χ1v) is 14.6. The molecule has 0 aliphatic carbocycles. The molecule has 2 atom stereocenters. The van der Waals surface area contributed by atoms with Crippen LogP contribution in [0.1, 0.15) is 10.4 Å². The molecule has 0 aliphatic rings. The average molecular weight is 828 g/mol. The van der Waals surface area contributed by atoms with Crippen molar-refractivity contribution in [1.29, 1.82) is 0 Å². The summed E-state index contributed by atoms with van der Waals surface area (Å²) in [6.07, 6.45) is 4.01. The van der Waals surface area contributed by atoms with Gasteiger partial charge in [-0.3, -0.25) is 11.7 Å². The number of hydrazine groups is 2. The standard InChI is InChI=1S/C11H10IN4OP.C9H7INO2P.C2H7N3S.H4N2/c1-13-11-15-14-10(17-11)6-2-3-9-7(4-6)8(12)5-16(9)18;10-7-4-11(14)8-2-1-5(9(12)13)3-6(7)8;1-4-2(6)5-3;1-2/h2-5H,18H2,1H3,(H,13,15);1-4H,14H2,(H,12,13);3H2,1H3,(H2,4,5,6);1-2H2. The van der Waals surface area contributed by atoms with Crippen LogP contribution < -0.4 is 33.6 Å². The molecule has 2 aromatic carbocycles. The summed E-state index contributed by atoms with van der Waals surface area (Å²) in [7, 11) is 8.69. The second-order valence-corrected chi connectivity index (χ2v) is 11.3. The second kappa shape index (κ2) is 16.3. The zero-order valence-corrected chi connectivity index (χ0v) is 28.7. The molecule has 2 unspecified atom stereocenters. The minimum absolute atomic E-state index is 0.326. The molecule has 0 aliphatic heterocycles. The van der Waals surface area contributed by atoms with E-state index in [0.717, 1.165) is 25.6 Å². The van der Waals surface area contributed by atoms with Crippen molar-refractivity contribution in [2.45, 2.75) is 0 Å². The van der Waals surface area contributed by atoms with E-state index in [1.54, 1.807) is 26.2 Å². The Bertz CT molecular complexity index is 1600. The molecule has 0 fully saturated rings. The van der Waals surface area contributed by atoms with E-state index in [1.165, 1.54) is 8.96 Å². The van der Waals surface area contributed by atoms with Crippen LogP contribution in [0.5, 0.6) is 0 Å². The van der Waals surface area contributed by atoms with Crippen molar-refractivity contribution in [3.63, 3.8) is 0 Å². The van der Waals surface area contributed by atoms with Crippen LogP contribution in [-0.4, -0.2) is 49.2 Å². The Morgan fingerprint density at radius 2 is 1.55 bits per heavy atom. The van der Waals surface area contributed by atoms with Crippen molar-refractivity contribution in [3.05, 3.63) is 61.5 Å². The van der Waals surface area contributed by atoms with Crippen molar-refractivity contribution in [2.24, 2.45) is 17.5 Å². The summed E-state index contributed by atoms with van der Waals surface area (Å²) in [5.74, 6) is 12.5. The summed E-state index contributed by atoms with van der Waals surface area (Å²) < 4.78 is 11.6. The number of halogens is 2. The molecule has 0 saturated heterocycles. The minimum atomic E-state index is -0.890. The number of nitrogens with one attached hydrogen (secondary N) is 3. The molecule has 0 amide bonds. The molecule has 10 N–H and O–H groups in total. The molecule has 0 radical (unpaired) electrons. The molecular weight excluding hydrogens is 800 g/mol. The van der Waals surface area contributed by atoms with Gasteiger partial charge < -0.3 is 34.3 Å². The molecule has 5 rings (SSSR count). The highest BCUT2D eigenvalue weighted by Gasteiger charge is 2.11. The third-order valence-electron chi connectivity index (χ3n) is 5.06. The maximum atomic E-state index is 10.7. The fraction of sp³-hybridized carbons (Fsp3) is 0.0909. The lowest BCUT2D eigenvalue weighted by molar-refractivity contribution is 0.0697.